The van der Waals surface area contributed by atoms with Crippen molar-refractivity contribution in [2.24, 2.45) is 5.92 Å². The molecule has 0 radical (unpaired) electrons. The van der Waals surface area contributed by atoms with Gasteiger partial charge in [0.05, 0.1) is 16.8 Å². The molecule has 2 aromatic rings. The van der Waals surface area contributed by atoms with E-state index in [2.05, 4.69) is 28.9 Å². The molecule has 0 aliphatic carbocycles. The highest BCUT2D eigenvalue weighted by Gasteiger charge is 2.19. The zero-order valence-corrected chi connectivity index (χ0v) is 15.0. The minimum atomic E-state index is -3.73. The standard InChI is InChI=1S/C17H21N3O4S/c1-12(2)10-18-17-6-3-13(11-19-17)20-25(21,22)14-4-5-15-16(9-14)24-8-7-23-15/h3-6,9,11-12,20H,7-8,10H2,1-2H3,(H,18,19). The summed E-state index contributed by atoms with van der Waals surface area (Å²) in [4.78, 5) is 4.33. The van der Waals surface area contributed by atoms with Crippen molar-refractivity contribution in [2.75, 3.05) is 29.8 Å². The van der Waals surface area contributed by atoms with Crippen LogP contribution in [0.25, 0.3) is 0 Å². The molecule has 1 aliphatic heterocycles. The summed E-state index contributed by atoms with van der Waals surface area (Å²) in [7, 11) is -3.73. The Labute approximate surface area is 147 Å². The van der Waals surface area contributed by atoms with Crippen LogP contribution in [-0.4, -0.2) is 33.2 Å². The summed E-state index contributed by atoms with van der Waals surface area (Å²) in [6.45, 7) is 5.86. The Morgan fingerprint density at radius 2 is 1.88 bits per heavy atom. The van der Waals surface area contributed by atoms with Gasteiger partial charge in [-0.05, 0) is 30.2 Å². The monoisotopic (exact) mass is 363 g/mol. The molecule has 2 heterocycles. The number of pyridine rings is 1. The lowest BCUT2D eigenvalue weighted by Gasteiger charge is -2.19. The smallest absolute Gasteiger partial charge is 0.262 e. The predicted octanol–water partition coefficient (Wildman–Crippen LogP) is 2.72. The van der Waals surface area contributed by atoms with Crippen LogP contribution >= 0.6 is 0 Å². The average Bonchev–Trinajstić information content (AvgIpc) is 2.60. The van der Waals surface area contributed by atoms with Gasteiger partial charge in [-0.1, -0.05) is 13.8 Å². The number of sulfonamides is 1. The van der Waals surface area contributed by atoms with Gasteiger partial charge in [-0.3, -0.25) is 4.72 Å². The maximum atomic E-state index is 12.5. The summed E-state index contributed by atoms with van der Waals surface area (Å²) < 4.78 is 38.4. The number of benzene rings is 1. The topological polar surface area (TPSA) is 89.5 Å². The molecule has 1 aromatic carbocycles. The summed E-state index contributed by atoms with van der Waals surface area (Å²) in [5.74, 6) is 2.18. The molecule has 0 saturated heterocycles. The van der Waals surface area contributed by atoms with Crippen LogP contribution in [0.15, 0.2) is 41.4 Å². The number of nitrogens with one attached hydrogen (secondary N) is 2. The van der Waals surface area contributed by atoms with Gasteiger partial charge in [0.15, 0.2) is 11.5 Å². The second-order valence-corrected chi connectivity index (χ2v) is 7.80. The van der Waals surface area contributed by atoms with Gasteiger partial charge in [0.25, 0.3) is 10.0 Å². The molecule has 0 amide bonds. The Morgan fingerprint density at radius 1 is 1.12 bits per heavy atom. The summed E-state index contributed by atoms with van der Waals surface area (Å²) in [5.41, 5.74) is 0.394. The molecule has 3 rings (SSSR count). The average molecular weight is 363 g/mol. The third kappa shape index (κ3) is 4.33. The maximum Gasteiger partial charge on any atom is 0.262 e. The van der Waals surface area contributed by atoms with Crippen molar-refractivity contribution in [3.8, 4) is 11.5 Å². The first-order chi connectivity index (χ1) is 11.9. The second kappa shape index (κ2) is 7.18. The second-order valence-electron chi connectivity index (χ2n) is 6.12. The highest BCUT2D eigenvalue weighted by molar-refractivity contribution is 7.92. The van der Waals surface area contributed by atoms with E-state index in [9.17, 15) is 8.42 Å². The first kappa shape index (κ1) is 17.3. The van der Waals surface area contributed by atoms with Crippen LogP contribution in [0.5, 0.6) is 11.5 Å². The number of rotatable bonds is 6. The fourth-order valence-corrected chi connectivity index (χ4v) is 3.33. The Morgan fingerprint density at radius 3 is 2.56 bits per heavy atom. The van der Waals surface area contributed by atoms with Crippen LogP contribution in [0, 0.1) is 5.92 Å². The quantitative estimate of drug-likeness (QED) is 0.820. The van der Waals surface area contributed by atoms with Gasteiger partial charge in [0, 0.05) is 12.6 Å². The number of hydrogen-bond donors (Lipinski definition) is 2. The zero-order valence-electron chi connectivity index (χ0n) is 14.2. The van der Waals surface area contributed by atoms with Crippen LogP contribution in [0.3, 0.4) is 0 Å². The fraction of sp³-hybridized carbons (Fsp3) is 0.353. The number of fused-ring (bicyclic) bond motifs is 1. The van der Waals surface area contributed by atoms with E-state index in [-0.39, 0.29) is 4.90 Å². The normalized spacial score (nSPS) is 13.6. The number of ether oxygens (including phenoxy) is 2. The van der Waals surface area contributed by atoms with Crippen molar-refractivity contribution in [2.45, 2.75) is 18.7 Å². The van der Waals surface area contributed by atoms with E-state index in [0.717, 1.165) is 6.54 Å². The molecule has 0 spiro atoms. The van der Waals surface area contributed by atoms with E-state index in [1.54, 1.807) is 18.2 Å². The van der Waals surface area contributed by atoms with Crippen LogP contribution in [-0.2, 0) is 10.0 Å². The summed E-state index contributed by atoms with van der Waals surface area (Å²) in [5, 5.41) is 3.18. The van der Waals surface area contributed by atoms with Crippen molar-refractivity contribution in [1.29, 1.82) is 0 Å². The van der Waals surface area contributed by atoms with Gasteiger partial charge < -0.3 is 14.8 Å². The minimum absolute atomic E-state index is 0.110. The lowest BCUT2D eigenvalue weighted by atomic mass is 10.2. The van der Waals surface area contributed by atoms with Gasteiger partial charge in [-0.2, -0.15) is 0 Å². The van der Waals surface area contributed by atoms with Gasteiger partial charge in [0.1, 0.15) is 19.0 Å². The molecule has 1 aromatic heterocycles. The number of hydrogen-bond acceptors (Lipinski definition) is 6. The lowest BCUT2D eigenvalue weighted by molar-refractivity contribution is 0.171. The molecule has 0 saturated carbocycles. The largest absolute Gasteiger partial charge is 0.486 e. The minimum Gasteiger partial charge on any atom is -0.486 e. The lowest BCUT2D eigenvalue weighted by Crippen LogP contribution is -2.17. The fourth-order valence-electron chi connectivity index (χ4n) is 2.27. The molecule has 25 heavy (non-hydrogen) atoms. The van der Waals surface area contributed by atoms with Crippen LogP contribution in [0.4, 0.5) is 11.5 Å². The van der Waals surface area contributed by atoms with Crippen LogP contribution in [0.2, 0.25) is 0 Å². The molecule has 1 aliphatic rings. The third-order valence-corrected chi connectivity index (χ3v) is 4.91. The molecule has 0 atom stereocenters. The van der Waals surface area contributed by atoms with Crippen molar-refractivity contribution < 1.29 is 17.9 Å². The predicted molar refractivity (Wildman–Crippen MR) is 95.8 cm³/mol. The van der Waals surface area contributed by atoms with E-state index in [1.165, 1.54) is 18.3 Å². The summed E-state index contributed by atoms with van der Waals surface area (Å²) in [6.07, 6.45) is 1.48. The summed E-state index contributed by atoms with van der Waals surface area (Å²) >= 11 is 0. The highest BCUT2D eigenvalue weighted by Crippen LogP contribution is 2.32. The molecule has 0 bridgehead atoms. The zero-order chi connectivity index (χ0) is 17.9. The van der Waals surface area contributed by atoms with Gasteiger partial charge >= 0.3 is 0 Å². The highest BCUT2D eigenvalue weighted by atomic mass is 32.2. The number of anilines is 2. The van der Waals surface area contributed by atoms with E-state index in [0.29, 0.717) is 42.1 Å². The van der Waals surface area contributed by atoms with Crippen LogP contribution in [0.1, 0.15) is 13.8 Å². The SMILES string of the molecule is CC(C)CNc1ccc(NS(=O)(=O)c2ccc3c(c2)OCCO3)cn1. The Hall–Kier alpha value is -2.48. The van der Waals surface area contributed by atoms with Crippen LogP contribution < -0.4 is 19.5 Å². The van der Waals surface area contributed by atoms with Gasteiger partial charge in [0.2, 0.25) is 0 Å². The van der Waals surface area contributed by atoms with Crippen molar-refractivity contribution >= 4 is 21.5 Å². The molecule has 2 N–H and O–H groups in total. The van der Waals surface area contributed by atoms with E-state index in [1.807, 2.05) is 0 Å². The van der Waals surface area contributed by atoms with Gasteiger partial charge in [-0.15, -0.1) is 0 Å². The molecule has 0 unspecified atom stereocenters. The van der Waals surface area contributed by atoms with E-state index >= 15 is 0 Å². The Balaban J connectivity index is 1.73. The van der Waals surface area contributed by atoms with E-state index < -0.39 is 10.0 Å². The first-order valence-corrected chi connectivity index (χ1v) is 9.55. The van der Waals surface area contributed by atoms with Crippen molar-refractivity contribution in [3.05, 3.63) is 36.5 Å². The molecular formula is C17H21N3O4S. The Kier molecular flexibility index (Phi) is 4.98. The van der Waals surface area contributed by atoms with Crippen molar-refractivity contribution in [1.82, 2.24) is 4.98 Å². The third-order valence-electron chi connectivity index (χ3n) is 3.53. The Bertz CT molecular complexity index is 835. The number of aromatic nitrogens is 1. The van der Waals surface area contributed by atoms with Gasteiger partial charge in [-0.25, -0.2) is 13.4 Å². The number of nitrogens with zero attached hydrogens (tertiary/aromatic N) is 1. The molecule has 8 heteroatoms. The molecule has 7 nitrogen and oxygen atoms in total. The molecule has 134 valence electrons. The summed E-state index contributed by atoms with van der Waals surface area (Å²) in [6, 6.07) is 7.96. The van der Waals surface area contributed by atoms with E-state index in [4.69, 9.17) is 9.47 Å². The van der Waals surface area contributed by atoms with Crippen molar-refractivity contribution in [3.63, 3.8) is 0 Å². The molecule has 0 fully saturated rings. The molecular weight excluding hydrogens is 342 g/mol. The first-order valence-electron chi connectivity index (χ1n) is 8.06. The maximum absolute atomic E-state index is 12.5.